The first-order valence-corrected chi connectivity index (χ1v) is 6.09. The van der Waals surface area contributed by atoms with Gasteiger partial charge in [-0.1, -0.05) is 6.07 Å². The van der Waals surface area contributed by atoms with Gasteiger partial charge >= 0.3 is 5.97 Å². The number of fused-ring (bicyclic) bond motifs is 1. The number of ether oxygens (including phenoxy) is 1. The molecule has 0 radical (unpaired) electrons. The maximum absolute atomic E-state index is 11.6. The van der Waals surface area contributed by atoms with Gasteiger partial charge in [-0.3, -0.25) is 9.38 Å². The summed E-state index contributed by atoms with van der Waals surface area (Å²) in [6.07, 6.45) is 5.79. The van der Waals surface area contributed by atoms with Crippen LogP contribution in [0.25, 0.3) is 5.65 Å². The van der Waals surface area contributed by atoms with E-state index in [-0.39, 0.29) is 5.97 Å². The van der Waals surface area contributed by atoms with E-state index in [1.165, 1.54) is 7.11 Å². The van der Waals surface area contributed by atoms with Crippen molar-refractivity contribution in [3.8, 4) is 0 Å². The molecule has 0 amide bonds. The van der Waals surface area contributed by atoms with E-state index in [0.717, 1.165) is 11.4 Å². The Hall–Kier alpha value is -2.76. The van der Waals surface area contributed by atoms with Gasteiger partial charge in [0.15, 0.2) is 5.65 Å². The zero-order valence-corrected chi connectivity index (χ0v) is 10.9. The number of hydrogen-bond acceptors (Lipinski definition) is 5. The van der Waals surface area contributed by atoms with Gasteiger partial charge in [-0.05, 0) is 23.8 Å². The second kappa shape index (κ2) is 5.08. The lowest BCUT2D eigenvalue weighted by Crippen LogP contribution is -2.04. The Bertz CT molecular complexity index is 752. The predicted molar refractivity (Wildman–Crippen MR) is 71.4 cm³/mol. The van der Waals surface area contributed by atoms with E-state index < -0.39 is 0 Å². The van der Waals surface area contributed by atoms with Crippen molar-refractivity contribution >= 4 is 11.6 Å². The lowest BCUT2D eigenvalue weighted by Gasteiger charge is -2.02. The van der Waals surface area contributed by atoms with Crippen molar-refractivity contribution in [2.24, 2.45) is 0 Å². The van der Waals surface area contributed by atoms with Gasteiger partial charge in [-0.2, -0.15) is 0 Å². The lowest BCUT2D eigenvalue weighted by atomic mass is 10.2. The summed E-state index contributed by atoms with van der Waals surface area (Å²) < 4.78 is 6.51. The van der Waals surface area contributed by atoms with Gasteiger partial charge in [0.1, 0.15) is 5.82 Å². The molecule has 6 nitrogen and oxygen atoms in total. The molecule has 3 aromatic heterocycles. The summed E-state index contributed by atoms with van der Waals surface area (Å²) in [5.41, 5.74) is 2.19. The van der Waals surface area contributed by atoms with Crippen molar-refractivity contribution in [3.05, 3.63) is 59.8 Å². The zero-order valence-electron chi connectivity index (χ0n) is 10.9. The molecule has 0 atom stereocenters. The number of nitrogens with zero attached hydrogens (tertiary/aromatic N) is 4. The molecule has 6 heteroatoms. The van der Waals surface area contributed by atoms with Gasteiger partial charge in [0.2, 0.25) is 0 Å². The highest BCUT2D eigenvalue weighted by molar-refractivity contribution is 5.89. The fourth-order valence-electron chi connectivity index (χ4n) is 1.98. The first kappa shape index (κ1) is 12.3. The number of rotatable bonds is 3. The average Bonchev–Trinajstić information content (AvgIpc) is 2.90. The Morgan fingerprint density at radius 2 is 2.20 bits per heavy atom. The van der Waals surface area contributed by atoms with Crippen molar-refractivity contribution in [1.29, 1.82) is 0 Å². The van der Waals surface area contributed by atoms with Crippen molar-refractivity contribution in [3.63, 3.8) is 0 Å². The van der Waals surface area contributed by atoms with Gasteiger partial charge in [0.05, 0.1) is 12.7 Å². The first-order chi connectivity index (χ1) is 9.78. The van der Waals surface area contributed by atoms with Crippen molar-refractivity contribution in [2.45, 2.75) is 6.42 Å². The Kier molecular flexibility index (Phi) is 3.12. The topological polar surface area (TPSA) is 69.4 Å². The molecule has 0 N–H and O–H groups in total. The molecular weight excluding hydrogens is 256 g/mol. The number of aromatic nitrogens is 4. The highest BCUT2D eigenvalue weighted by atomic mass is 16.5. The third-order valence-electron chi connectivity index (χ3n) is 2.98. The summed E-state index contributed by atoms with van der Waals surface area (Å²) in [6, 6.07) is 7.26. The highest BCUT2D eigenvalue weighted by Gasteiger charge is 2.11. The molecule has 100 valence electrons. The molecule has 0 aliphatic carbocycles. The second-order valence-electron chi connectivity index (χ2n) is 4.29. The van der Waals surface area contributed by atoms with Crippen LogP contribution >= 0.6 is 0 Å². The van der Waals surface area contributed by atoms with Crippen LogP contribution in [0.4, 0.5) is 0 Å². The van der Waals surface area contributed by atoms with Crippen LogP contribution in [0, 0.1) is 0 Å². The number of pyridine rings is 2. The fourth-order valence-corrected chi connectivity index (χ4v) is 1.98. The standard InChI is InChI=1S/C14H12N4O2/c1-20-14(19)11-4-5-12-16-17-13(18(12)9-11)7-10-3-2-6-15-8-10/h2-6,8-9H,7H2,1H3. The first-order valence-electron chi connectivity index (χ1n) is 6.09. The minimum Gasteiger partial charge on any atom is -0.465 e. The van der Waals surface area contributed by atoms with Crippen LogP contribution in [0.1, 0.15) is 21.7 Å². The lowest BCUT2D eigenvalue weighted by molar-refractivity contribution is 0.0600. The zero-order chi connectivity index (χ0) is 13.9. The smallest absolute Gasteiger partial charge is 0.339 e. The fraction of sp³-hybridized carbons (Fsp3) is 0.143. The Morgan fingerprint density at radius 1 is 1.30 bits per heavy atom. The SMILES string of the molecule is COC(=O)c1ccc2nnc(Cc3cccnc3)n2c1. The van der Waals surface area contributed by atoms with E-state index in [9.17, 15) is 4.79 Å². The maximum Gasteiger partial charge on any atom is 0.339 e. The van der Waals surface area contributed by atoms with E-state index in [2.05, 4.69) is 15.2 Å². The molecule has 0 aliphatic rings. The van der Waals surface area contributed by atoms with Gasteiger partial charge in [-0.15, -0.1) is 10.2 Å². The number of methoxy groups -OCH3 is 1. The van der Waals surface area contributed by atoms with Gasteiger partial charge < -0.3 is 4.74 Å². The molecule has 0 fully saturated rings. The summed E-state index contributed by atoms with van der Waals surface area (Å²) in [5, 5.41) is 8.23. The molecule has 3 aromatic rings. The maximum atomic E-state index is 11.6. The molecule has 0 spiro atoms. The van der Waals surface area contributed by atoms with E-state index in [1.54, 1.807) is 35.1 Å². The minimum absolute atomic E-state index is 0.382. The van der Waals surface area contributed by atoms with Gasteiger partial charge in [-0.25, -0.2) is 4.79 Å². The van der Waals surface area contributed by atoms with Crippen LogP contribution in [0.15, 0.2) is 42.9 Å². The molecule has 0 saturated carbocycles. The summed E-state index contributed by atoms with van der Waals surface area (Å²) in [6.45, 7) is 0. The monoisotopic (exact) mass is 268 g/mol. The average molecular weight is 268 g/mol. The molecular formula is C14H12N4O2. The van der Waals surface area contributed by atoms with Gasteiger partial charge in [0, 0.05) is 25.0 Å². The van der Waals surface area contributed by atoms with E-state index in [1.807, 2.05) is 12.1 Å². The summed E-state index contributed by atoms with van der Waals surface area (Å²) in [5.74, 6) is 0.367. The third kappa shape index (κ3) is 2.23. The third-order valence-corrected chi connectivity index (χ3v) is 2.98. The summed E-state index contributed by atoms with van der Waals surface area (Å²) in [7, 11) is 1.36. The molecule has 3 heterocycles. The molecule has 0 aliphatic heterocycles. The van der Waals surface area contributed by atoms with Crippen LogP contribution in [0.2, 0.25) is 0 Å². The van der Waals surface area contributed by atoms with Crippen LogP contribution in [0.5, 0.6) is 0 Å². The second-order valence-corrected chi connectivity index (χ2v) is 4.29. The molecule has 0 aromatic carbocycles. The molecule has 0 saturated heterocycles. The number of hydrogen-bond donors (Lipinski definition) is 0. The van der Waals surface area contributed by atoms with Gasteiger partial charge in [0.25, 0.3) is 0 Å². The highest BCUT2D eigenvalue weighted by Crippen LogP contribution is 2.11. The van der Waals surface area contributed by atoms with Crippen LogP contribution in [0.3, 0.4) is 0 Å². The Labute approximate surface area is 115 Å². The number of carbonyl (C=O) groups excluding carboxylic acids is 1. The van der Waals surface area contributed by atoms with Crippen molar-refractivity contribution in [1.82, 2.24) is 19.6 Å². The molecule has 3 rings (SSSR count). The Morgan fingerprint density at radius 3 is 2.95 bits per heavy atom. The van der Waals surface area contributed by atoms with Crippen LogP contribution in [-0.4, -0.2) is 32.7 Å². The minimum atomic E-state index is -0.382. The number of carbonyl (C=O) groups is 1. The van der Waals surface area contributed by atoms with E-state index >= 15 is 0 Å². The Balaban J connectivity index is 2.01. The normalized spacial score (nSPS) is 10.7. The summed E-state index contributed by atoms with van der Waals surface area (Å²) in [4.78, 5) is 15.6. The quantitative estimate of drug-likeness (QED) is 0.673. The van der Waals surface area contributed by atoms with E-state index in [0.29, 0.717) is 17.6 Å². The largest absolute Gasteiger partial charge is 0.465 e. The molecule has 20 heavy (non-hydrogen) atoms. The van der Waals surface area contributed by atoms with Crippen molar-refractivity contribution < 1.29 is 9.53 Å². The molecule has 0 unspecified atom stereocenters. The molecule has 0 bridgehead atoms. The van der Waals surface area contributed by atoms with Crippen LogP contribution < -0.4 is 0 Å². The van der Waals surface area contributed by atoms with E-state index in [4.69, 9.17) is 4.74 Å². The van der Waals surface area contributed by atoms with Crippen molar-refractivity contribution in [2.75, 3.05) is 7.11 Å². The predicted octanol–water partition coefficient (Wildman–Crippen LogP) is 1.50. The number of esters is 1. The summed E-state index contributed by atoms with van der Waals surface area (Å²) >= 11 is 0. The van der Waals surface area contributed by atoms with Crippen LogP contribution in [-0.2, 0) is 11.2 Å².